The van der Waals surface area contributed by atoms with E-state index in [0.717, 1.165) is 0 Å². The van der Waals surface area contributed by atoms with E-state index in [1.807, 2.05) is 0 Å². The van der Waals surface area contributed by atoms with Crippen LogP contribution in [0.5, 0.6) is 5.75 Å². The maximum Gasteiger partial charge on any atom is 0.265 e. The van der Waals surface area contributed by atoms with Gasteiger partial charge < -0.3 is 15.0 Å². The summed E-state index contributed by atoms with van der Waals surface area (Å²) in [5, 5.41) is 3.37. The lowest BCUT2D eigenvalue weighted by Crippen LogP contribution is -2.38. The Hall–Kier alpha value is -2.79. The molecule has 0 fully saturated rings. The zero-order chi connectivity index (χ0) is 17.1. The Balaban J connectivity index is 1.85. The predicted molar refractivity (Wildman–Crippen MR) is 93.9 cm³/mol. The maximum absolute atomic E-state index is 12.3. The Morgan fingerprint density at radius 3 is 2.75 bits per heavy atom. The molecule has 0 unspecified atom stereocenters. The van der Waals surface area contributed by atoms with Gasteiger partial charge in [0.25, 0.3) is 11.8 Å². The average molecular weight is 343 g/mol. The van der Waals surface area contributed by atoms with Crippen molar-refractivity contribution < 1.29 is 14.3 Å². The molecule has 0 aliphatic carbocycles. The standard InChI is InChI=1S/C18H15ClN2O3/c1-2-9-21-15-10-14(7-8-16(15)24-11-17(21)22)20-18(23)12-3-5-13(19)6-4-12/h2-8,10H,1,9,11H2,(H,20,23). The number of nitrogens with one attached hydrogen (secondary N) is 1. The number of ether oxygens (including phenoxy) is 1. The van der Waals surface area contributed by atoms with Gasteiger partial charge in [-0.3, -0.25) is 9.59 Å². The van der Waals surface area contributed by atoms with Crippen LogP contribution in [0.25, 0.3) is 0 Å². The van der Waals surface area contributed by atoms with E-state index in [0.29, 0.717) is 34.3 Å². The van der Waals surface area contributed by atoms with Gasteiger partial charge >= 0.3 is 0 Å². The largest absolute Gasteiger partial charge is 0.482 e. The van der Waals surface area contributed by atoms with Crippen LogP contribution in [0.1, 0.15) is 10.4 Å². The first-order valence-corrected chi connectivity index (χ1v) is 7.71. The highest BCUT2D eigenvalue weighted by Gasteiger charge is 2.25. The van der Waals surface area contributed by atoms with Gasteiger partial charge in [-0.2, -0.15) is 0 Å². The molecule has 122 valence electrons. The second-order valence-corrected chi connectivity index (χ2v) is 5.66. The minimum Gasteiger partial charge on any atom is -0.482 e. The Bertz CT molecular complexity index is 802. The van der Waals surface area contributed by atoms with E-state index < -0.39 is 0 Å². The lowest BCUT2D eigenvalue weighted by atomic mass is 10.1. The second kappa shape index (κ2) is 6.76. The van der Waals surface area contributed by atoms with Crippen molar-refractivity contribution in [1.82, 2.24) is 0 Å². The highest BCUT2D eigenvalue weighted by molar-refractivity contribution is 6.30. The molecular weight excluding hydrogens is 328 g/mol. The third kappa shape index (κ3) is 3.26. The van der Waals surface area contributed by atoms with Crippen molar-refractivity contribution in [3.8, 4) is 5.75 Å². The molecule has 6 heteroatoms. The Morgan fingerprint density at radius 2 is 2.04 bits per heavy atom. The first kappa shape index (κ1) is 16.1. The number of anilines is 2. The van der Waals surface area contributed by atoms with E-state index in [1.165, 1.54) is 0 Å². The van der Waals surface area contributed by atoms with Crippen molar-refractivity contribution in [2.24, 2.45) is 0 Å². The van der Waals surface area contributed by atoms with Gasteiger partial charge in [-0.1, -0.05) is 17.7 Å². The van der Waals surface area contributed by atoms with Crippen LogP contribution in [-0.4, -0.2) is 25.0 Å². The van der Waals surface area contributed by atoms with Gasteiger partial charge in [0.2, 0.25) is 0 Å². The molecule has 1 aliphatic rings. The van der Waals surface area contributed by atoms with Crippen LogP contribution in [0.15, 0.2) is 55.1 Å². The number of hydrogen-bond acceptors (Lipinski definition) is 3. The summed E-state index contributed by atoms with van der Waals surface area (Å²) >= 11 is 5.82. The first-order chi connectivity index (χ1) is 11.6. The highest BCUT2D eigenvalue weighted by atomic mass is 35.5. The zero-order valence-electron chi connectivity index (χ0n) is 12.8. The zero-order valence-corrected chi connectivity index (χ0v) is 13.5. The molecule has 5 nitrogen and oxygen atoms in total. The fourth-order valence-electron chi connectivity index (χ4n) is 2.41. The van der Waals surface area contributed by atoms with Crippen molar-refractivity contribution in [2.45, 2.75) is 0 Å². The van der Waals surface area contributed by atoms with Gasteiger partial charge in [0.1, 0.15) is 5.75 Å². The molecule has 0 saturated heterocycles. The lowest BCUT2D eigenvalue weighted by molar-refractivity contribution is -0.121. The average Bonchev–Trinajstić information content (AvgIpc) is 2.58. The molecule has 2 aromatic carbocycles. The summed E-state index contributed by atoms with van der Waals surface area (Å²) in [4.78, 5) is 25.8. The van der Waals surface area contributed by atoms with Crippen LogP contribution >= 0.6 is 11.6 Å². The molecule has 2 aromatic rings. The maximum atomic E-state index is 12.3. The minimum absolute atomic E-state index is 0.00266. The Labute approximate surface area is 144 Å². The van der Waals surface area contributed by atoms with E-state index in [1.54, 1.807) is 53.4 Å². The molecule has 0 radical (unpaired) electrons. The van der Waals surface area contributed by atoms with E-state index >= 15 is 0 Å². The molecule has 2 amide bonds. The minimum atomic E-state index is -0.259. The highest BCUT2D eigenvalue weighted by Crippen LogP contribution is 2.34. The number of halogens is 1. The van der Waals surface area contributed by atoms with Gasteiger partial charge in [0.05, 0.1) is 5.69 Å². The van der Waals surface area contributed by atoms with Gasteiger partial charge in [-0.15, -0.1) is 6.58 Å². The number of amides is 2. The topological polar surface area (TPSA) is 58.6 Å². The number of nitrogens with zero attached hydrogens (tertiary/aromatic N) is 1. The van der Waals surface area contributed by atoms with Crippen molar-refractivity contribution in [2.75, 3.05) is 23.4 Å². The monoisotopic (exact) mass is 342 g/mol. The van der Waals surface area contributed by atoms with Crippen LogP contribution in [0, 0.1) is 0 Å². The van der Waals surface area contributed by atoms with Crippen LogP contribution in [-0.2, 0) is 4.79 Å². The van der Waals surface area contributed by atoms with Gasteiger partial charge in [-0.25, -0.2) is 0 Å². The summed E-state index contributed by atoms with van der Waals surface area (Å²) in [6.07, 6.45) is 1.64. The van der Waals surface area contributed by atoms with E-state index in [4.69, 9.17) is 16.3 Å². The van der Waals surface area contributed by atoms with Crippen molar-refractivity contribution in [1.29, 1.82) is 0 Å². The number of fused-ring (bicyclic) bond motifs is 1. The fourth-order valence-corrected chi connectivity index (χ4v) is 2.54. The molecule has 24 heavy (non-hydrogen) atoms. The van der Waals surface area contributed by atoms with E-state index in [9.17, 15) is 9.59 Å². The first-order valence-electron chi connectivity index (χ1n) is 7.33. The smallest absolute Gasteiger partial charge is 0.265 e. The van der Waals surface area contributed by atoms with Crippen molar-refractivity contribution in [3.05, 3.63) is 65.7 Å². The molecule has 0 saturated carbocycles. The summed E-state index contributed by atoms with van der Waals surface area (Å²) in [5.74, 6) is 0.189. The molecule has 1 heterocycles. The van der Waals surface area contributed by atoms with Crippen LogP contribution in [0.3, 0.4) is 0 Å². The van der Waals surface area contributed by atoms with Crippen molar-refractivity contribution in [3.63, 3.8) is 0 Å². The number of carbonyl (C=O) groups excluding carboxylic acids is 2. The summed E-state index contributed by atoms with van der Waals surface area (Å²) in [6, 6.07) is 11.8. The third-order valence-electron chi connectivity index (χ3n) is 3.58. The van der Waals surface area contributed by atoms with Crippen LogP contribution < -0.4 is 15.0 Å². The molecule has 0 atom stereocenters. The fraction of sp³-hybridized carbons (Fsp3) is 0.111. The molecule has 0 bridgehead atoms. The molecule has 0 aromatic heterocycles. The normalized spacial score (nSPS) is 13.0. The summed E-state index contributed by atoms with van der Waals surface area (Å²) in [6.45, 7) is 4.04. The molecule has 1 N–H and O–H groups in total. The third-order valence-corrected chi connectivity index (χ3v) is 3.83. The summed E-state index contributed by atoms with van der Waals surface area (Å²) < 4.78 is 5.42. The molecular formula is C18H15ClN2O3. The Morgan fingerprint density at radius 1 is 1.29 bits per heavy atom. The quantitative estimate of drug-likeness (QED) is 0.865. The van der Waals surface area contributed by atoms with E-state index in [2.05, 4.69) is 11.9 Å². The van der Waals surface area contributed by atoms with Crippen LogP contribution in [0.4, 0.5) is 11.4 Å². The van der Waals surface area contributed by atoms with Crippen molar-refractivity contribution >= 4 is 34.8 Å². The number of carbonyl (C=O) groups is 2. The van der Waals surface area contributed by atoms with E-state index in [-0.39, 0.29) is 18.4 Å². The van der Waals surface area contributed by atoms with Gasteiger partial charge in [0.15, 0.2) is 6.61 Å². The summed E-state index contributed by atoms with van der Waals surface area (Å²) in [7, 11) is 0. The number of hydrogen-bond donors (Lipinski definition) is 1. The van der Waals surface area contributed by atoms with Gasteiger partial charge in [-0.05, 0) is 42.5 Å². The molecule has 3 rings (SSSR count). The molecule has 1 aliphatic heterocycles. The van der Waals surface area contributed by atoms with Gasteiger partial charge in [0, 0.05) is 22.8 Å². The summed E-state index contributed by atoms with van der Waals surface area (Å²) in [5.41, 5.74) is 1.67. The number of rotatable bonds is 4. The number of benzene rings is 2. The lowest BCUT2D eigenvalue weighted by Gasteiger charge is -2.28. The molecule has 0 spiro atoms. The second-order valence-electron chi connectivity index (χ2n) is 5.23. The predicted octanol–water partition coefficient (Wildman–Crippen LogP) is 3.50. The Kier molecular flexibility index (Phi) is 4.53. The SMILES string of the molecule is C=CCN1C(=O)COc2ccc(NC(=O)c3ccc(Cl)cc3)cc21. The van der Waals surface area contributed by atoms with Crippen LogP contribution in [0.2, 0.25) is 5.02 Å².